The van der Waals surface area contributed by atoms with Crippen LogP contribution in [0.3, 0.4) is 0 Å². The molecule has 0 unspecified atom stereocenters. The van der Waals surface area contributed by atoms with Gasteiger partial charge in [0.05, 0.1) is 5.52 Å². The molecule has 2 aromatic rings. The van der Waals surface area contributed by atoms with Gasteiger partial charge >= 0.3 is 0 Å². The van der Waals surface area contributed by atoms with Gasteiger partial charge in [0.1, 0.15) is 0 Å². The highest BCUT2D eigenvalue weighted by molar-refractivity contribution is 6.19. The van der Waals surface area contributed by atoms with Crippen molar-refractivity contribution in [3.8, 4) is 0 Å². The zero-order valence-corrected chi connectivity index (χ0v) is 15.6. The van der Waals surface area contributed by atoms with Gasteiger partial charge in [-0.15, -0.1) is 12.4 Å². The second-order valence-corrected chi connectivity index (χ2v) is 6.82. The van der Waals surface area contributed by atoms with Gasteiger partial charge in [-0.25, -0.2) is 4.90 Å². The lowest BCUT2D eigenvalue weighted by molar-refractivity contribution is -0.129. The Morgan fingerprint density at radius 2 is 1.85 bits per heavy atom. The van der Waals surface area contributed by atoms with Gasteiger partial charge in [0.15, 0.2) is 5.82 Å². The van der Waals surface area contributed by atoms with Crippen LogP contribution in [0.1, 0.15) is 32.1 Å². The van der Waals surface area contributed by atoms with Crippen LogP contribution in [0.2, 0.25) is 0 Å². The molecule has 2 N–H and O–H groups in total. The summed E-state index contributed by atoms with van der Waals surface area (Å²) in [5.41, 5.74) is 1.96. The van der Waals surface area contributed by atoms with E-state index in [2.05, 4.69) is 15.7 Å². The first-order chi connectivity index (χ1) is 12.1. The summed E-state index contributed by atoms with van der Waals surface area (Å²) in [7, 11) is 1.85. The van der Waals surface area contributed by atoms with Crippen LogP contribution in [0.15, 0.2) is 18.2 Å². The number of aryl methyl sites for hydroxylation is 1. The van der Waals surface area contributed by atoms with Crippen molar-refractivity contribution in [1.29, 1.82) is 0 Å². The van der Waals surface area contributed by atoms with Crippen molar-refractivity contribution in [3.05, 3.63) is 18.2 Å². The van der Waals surface area contributed by atoms with Gasteiger partial charge in [-0.1, -0.05) is 0 Å². The van der Waals surface area contributed by atoms with Crippen molar-refractivity contribution in [3.63, 3.8) is 0 Å². The Hall–Kier alpha value is -2.12. The number of carbonyl (C=O) groups is 2. The SMILES string of the molecule is Cl.Cn1nc(N2C(=O)CCCC2=O)c2ccc(NC3CCNCC3)cc21. The molecule has 0 atom stereocenters. The van der Waals surface area contributed by atoms with Crippen LogP contribution in [-0.2, 0) is 16.6 Å². The molecule has 140 valence electrons. The predicted octanol–water partition coefficient (Wildman–Crippen LogP) is 2.20. The molecule has 2 aliphatic heterocycles. The first-order valence-corrected chi connectivity index (χ1v) is 8.93. The Bertz CT molecular complexity index is 812. The molecule has 0 saturated carbocycles. The summed E-state index contributed by atoms with van der Waals surface area (Å²) < 4.78 is 1.74. The van der Waals surface area contributed by atoms with Gasteiger partial charge in [-0.2, -0.15) is 5.10 Å². The highest BCUT2D eigenvalue weighted by Gasteiger charge is 2.31. The predicted molar refractivity (Wildman–Crippen MR) is 104 cm³/mol. The lowest BCUT2D eigenvalue weighted by atomic mass is 10.1. The lowest BCUT2D eigenvalue weighted by Crippen LogP contribution is -2.40. The molecule has 2 saturated heterocycles. The normalized spacial score (nSPS) is 18.9. The maximum atomic E-state index is 12.2. The van der Waals surface area contributed by atoms with E-state index in [0.717, 1.165) is 42.5 Å². The molecule has 2 amide bonds. The average Bonchev–Trinajstić information content (AvgIpc) is 2.92. The third-order valence-electron chi connectivity index (χ3n) is 5.03. The van der Waals surface area contributed by atoms with Crippen LogP contribution >= 0.6 is 12.4 Å². The first kappa shape index (κ1) is 18.7. The molecular formula is C18H24ClN5O2. The number of nitrogens with one attached hydrogen (secondary N) is 2. The van der Waals surface area contributed by atoms with Crippen molar-refractivity contribution in [2.45, 2.75) is 38.1 Å². The fourth-order valence-electron chi connectivity index (χ4n) is 3.68. The zero-order chi connectivity index (χ0) is 17.4. The highest BCUT2D eigenvalue weighted by Crippen LogP contribution is 2.31. The highest BCUT2D eigenvalue weighted by atomic mass is 35.5. The molecule has 26 heavy (non-hydrogen) atoms. The maximum Gasteiger partial charge on any atom is 0.235 e. The van der Waals surface area contributed by atoms with Gasteiger partial charge in [0.25, 0.3) is 0 Å². The van der Waals surface area contributed by atoms with E-state index >= 15 is 0 Å². The van der Waals surface area contributed by atoms with E-state index in [4.69, 9.17) is 0 Å². The standard InChI is InChI=1S/C18H23N5O2.ClH/c1-22-15-11-13(20-12-7-9-19-10-8-12)5-6-14(15)18(21-22)23-16(24)3-2-4-17(23)25;/h5-6,11-12,19-20H,2-4,7-10H2,1H3;1H. The number of fused-ring (bicyclic) bond motifs is 1. The summed E-state index contributed by atoms with van der Waals surface area (Å²) in [4.78, 5) is 25.7. The van der Waals surface area contributed by atoms with Crippen molar-refractivity contribution in [2.24, 2.45) is 7.05 Å². The summed E-state index contributed by atoms with van der Waals surface area (Å²) in [6.45, 7) is 2.07. The molecule has 7 nitrogen and oxygen atoms in total. The molecule has 4 rings (SSSR count). The summed E-state index contributed by atoms with van der Waals surface area (Å²) in [6, 6.07) is 6.48. The molecule has 2 fully saturated rings. The molecule has 1 aromatic heterocycles. The molecule has 8 heteroatoms. The van der Waals surface area contributed by atoms with E-state index in [-0.39, 0.29) is 24.2 Å². The minimum absolute atomic E-state index is 0. The molecule has 2 aliphatic rings. The zero-order valence-electron chi connectivity index (χ0n) is 14.8. The fourth-order valence-corrected chi connectivity index (χ4v) is 3.68. The van der Waals surface area contributed by atoms with Crippen molar-refractivity contribution >= 4 is 46.6 Å². The Labute approximate surface area is 158 Å². The van der Waals surface area contributed by atoms with Crippen LogP contribution in [-0.4, -0.2) is 40.7 Å². The largest absolute Gasteiger partial charge is 0.382 e. The summed E-state index contributed by atoms with van der Waals surface area (Å²) >= 11 is 0. The summed E-state index contributed by atoms with van der Waals surface area (Å²) in [6.07, 6.45) is 3.64. The molecule has 0 aliphatic carbocycles. The van der Waals surface area contributed by atoms with E-state index in [1.807, 2.05) is 25.2 Å². The minimum Gasteiger partial charge on any atom is -0.382 e. The van der Waals surface area contributed by atoms with Crippen molar-refractivity contribution in [1.82, 2.24) is 15.1 Å². The second kappa shape index (κ2) is 7.63. The number of aromatic nitrogens is 2. The molecule has 0 spiro atoms. The lowest BCUT2D eigenvalue weighted by Gasteiger charge is -2.25. The van der Waals surface area contributed by atoms with Gasteiger partial charge < -0.3 is 10.6 Å². The molecule has 1 aromatic carbocycles. The van der Waals surface area contributed by atoms with Gasteiger partial charge in [-0.3, -0.25) is 14.3 Å². The van der Waals surface area contributed by atoms with Crippen molar-refractivity contribution < 1.29 is 9.59 Å². The number of benzene rings is 1. The number of amides is 2. The van der Waals surface area contributed by atoms with E-state index in [1.165, 1.54) is 4.90 Å². The van der Waals surface area contributed by atoms with Crippen LogP contribution < -0.4 is 15.5 Å². The molecule has 0 bridgehead atoms. The van der Waals surface area contributed by atoms with Gasteiger partial charge in [0.2, 0.25) is 11.8 Å². The third-order valence-corrected chi connectivity index (χ3v) is 5.03. The number of nitrogens with zero attached hydrogens (tertiary/aromatic N) is 3. The van der Waals surface area contributed by atoms with E-state index in [9.17, 15) is 9.59 Å². The van der Waals surface area contributed by atoms with Crippen LogP contribution in [0.25, 0.3) is 10.9 Å². The number of hydrogen-bond acceptors (Lipinski definition) is 5. The number of rotatable bonds is 3. The van der Waals surface area contributed by atoms with E-state index < -0.39 is 0 Å². The van der Waals surface area contributed by atoms with Gasteiger partial charge in [-0.05, 0) is 50.6 Å². The summed E-state index contributed by atoms with van der Waals surface area (Å²) in [5.74, 6) is 0.141. The number of piperidine rings is 2. The Balaban J connectivity index is 0.00000196. The third kappa shape index (κ3) is 3.41. The Morgan fingerprint density at radius 3 is 2.54 bits per heavy atom. The molecular weight excluding hydrogens is 354 g/mol. The maximum absolute atomic E-state index is 12.2. The first-order valence-electron chi connectivity index (χ1n) is 8.93. The van der Waals surface area contributed by atoms with Gasteiger partial charge in [0, 0.05) is 37.0 Å². The molecule has 0 radical (unpaired) electrons. The van der Waals surface area contributed by atoms with Crippen molar-refractivity contribution in [2.75, 3.05) is 23.3 Å². The van der Waals surface area contributed by atoms with E-state index in [1.54, 1.807) is 4.68 Å². The second-order valence-electron chi connectivity index (χ2n) is 6.82. The average molecular weight is 378 g/mol. The Morgan fingerprint density at radius 1 is 1.15 bits per heavy atom. The topological polar surface area (TPSA) is 79.3 Å². The number of carbonyl (C=O) groups excluding carboxylic acids is 2. The van der Waals surface area contributed by atoms with Crippen LogP contribution in [0, 0.1) is 0 Å². The monoisotopic (exact) mass is 377 g/mol. The smallest absolute Gasteiger partial charge is 0.235 e. The number of hydrogen-bond donors (Lipinski definition) is 2. The number of imide groups is 1. The summed E-state index contributed by atoms with van der Waals surface area (Å²) in [5, 5.41) is 12.2. The van der Waals surface area contributed by atoms with Crippen LogP contribution in [0.5, 0.6) is 0 Å². The van der Waals surface area contributed by atoms with E-state index in [0.29, 0.717) is 31.1 Å². The number of anilines is 2. The Kier molecular flexibility index (Phi) is 5.48. The fraction of sp³-hybridized carbons (Fsp3) is 0.500. The molecule has 3 heterocycles. The quantitative estimate of drug-likeness (QED) is 0.802. The minimum atomic E-state index is -0.159. The van der Waals surface area contributed by atoms with Crippen LogP contribution in [0.4, 0.5) is 11.5 Å². The number of halogens is 1.